The fourth-order valence-electron chi connectivity index (χ4n) is 2.68. The summed E-state index contributed by atoms with van der Waals surface area (Å²) in [6, 6.07) is 0.261. The highest BCUT2D eigenvalue weighted by atomic mass is 16.1. The summed E-state index contributed by atoms with van der Waals surface area (Å²) in [6.45, 7) is 2.02. The zero-order valence-corrected chi connectivity index (χ0v) is 10.4. The summed E-state index contributed by atoms with van der Waals surface area (Å²) >= 11 is 0. The van der Waals surface area contributed by atoms with Gasteiger partial charge in [-0.3, -0.25) is 9.48 Å². The third kappa shape index (κ3) is 2.20. The van der Waals surface area contributed by atoms with E-state index < -0.39 is 5.54 Å². The molecule has 1 aromatic rings. The predicted octanol–water partition coefficient (Wildman–Crippen LogP) is 0.750. The number of primary amides is 1. The van der Waals surface area contributed by atoms with Crippen molar-refractivity contribution < 1.29 is 4.79 Å². The number of aryl methyl sites for hydroxylation is 1. The number of nitrogens with two attached hydrogens (primary N) is 1. The molecule has 2 unspecified atom stereocenters. The molecule has 1 aliphatic rings. The average Bonchev–Trinajstić information content (AvgIpc) is 2.76. The van der Waals surface area contributed by atoms with Gasteiger partial charge in [-0.05, 0) is 45.2 Å². The Kier molecular flexibility index (Phi) is 3.19. The van der Waals surface area contributed by atoms with Crippen LogP contribution in [0.25, 0.3) is 0 Å². The molecular formula is C12H20N4O. The van der Waals surface area contributed by atoms with E-state index in [0.29, 0.717) is 0 Å². The molecule has 0 aliphatic heterocycles. The summed E-state index contributed by atoms with van der Waals surface area (Å²) in [5, 5.41) is 7.44. The van der Waals surface area contributed by atoms with E-state index in [4.69, 9.17) is 5.73 Å². The standard InChI is InChI=1S/C12H20N4O/c1-9-7-15-16(8-9)10-4-3-5-12(6-10,14-2)11(13)17/h7-8,10,14H,3-6H2,1-2H3,(H2,13,17). The molecule has 1 heterocycles. The van der Waals surface area contributed by atoms with Gasteiger partial charge in [0, 0.05) is 6.20 Å². The maximum absolute atomic E-state index is 11.6. The Bertz CT molecular complexity index is 414. The Morgan fingerprint density at radius 2 is 2.47 bits per heavy atom. The molecule has 0 bridgehead atoms. The number of likely N-dealkylation sites (N-methyl/N-ethyl adjacent to an activating group) is 1. The molecule has 1 amide bonds. The number of carbonyl (C=O) groups excluding carboxylic acids is 1. The minimum absolute atomic E-state index is 0.256. The third-order valence-corrected chi connectivity index (χ3v) is 3.78. The largest absolute Gasteiger partial charge is 0.368 e. The number of nitrogens with zero attached hydrogens (tertiary/aromatic N) is 2. The molecule has 1 fully saturated rings. The van der Waals surface area contributed by atoms with Crippen molar-refractivity contribution in [3.8, 4) is 0 Å². The smallest absolute Gasteiger partial charge is 0.237 e. The summed E-state index contributed by atoms with van der Waals surface area (Å²) in [5.74, 6) is -0.256. The Hall–Kier alpha value is -1.36. The van der Waals surface area contributed by atoms with Crippen molar-refractivity contribution in [3.05, 3.63) is 18.0 Å². The third-order valence-electron chi connectivity index (χ3n) is 3.78. The lowest BCUT2D eigenvalue weighted by Gasteiger charge is -2.38. The van der Waals surface area contributed by atoms with Crippen LogP contribution in [0.4, 0.5) is 0 Å². The molecule has 5 heteroatoms. The Morgan fingerprint density at radius 1 is 1.71 bits per heavy atom. The number of aromatic nitrogens is 2. The molecule has 0 aromatic carbocycles. The second kappa shape index (κ2) is 4.49. The number of hydrogen-bond acceptors (Lipinski definition) is 3. The van der Waals surface area contributed by atoms with Gasteiger partial charge in [0.15, 0.2) is 0 Å². The van der Waals surface area contributed by atoms with Crippen molar-refractivity contribution >= 4 is 5.91 Å². The van der Waals surface area contributed by atoms with E-state index in [9.17, 15) is 4.79 Å². The highest BCUT2D eigenvalue weighted by molar-refractivity contribution is 5.84. The van der Waals surface area contributed by atoms with Gasteiger partial charge in [-0.15, -0.1) is 0 Å². The van der Waals surface area contributed by atoms with Crippen molar-refractivity contribution in [1.29, 1.82) is 0 Å². The molecule has 2 rings (SSSR count). The van der Waals surface area contributed by atoms with Crippen LogP contribution in [0.2, 0.25) is 0 Å². The first kappa shape index (κ1) is 12.1. The van der Waals surface area contributed by atoms with Crippen LogP contribution in [0.1, 0.15) is 37.3 Å². The van der Waals surface area contributed by atoms with E-state index in [0.717, 1.165) is 31.2 Å². The van der Waals surface area contributed by atoms with Crippen molar-refractivity contribution in [2.45, 2.75) is 44.2 Å². The molecule has 17 heavy (non-hydrogen) atoms. The fourth-order valence-corrected chi connectivity index (χ4v) is 2.68. The van der Waals surface area contributed by atoms with E-state index in [1.54, 1.807) is 0 Å². The number of carbonyl (C=O) groups is 1. The van der Waals surface area contributed by atoms with Gasteiger partial charge < -0.3 is 11.1 Å². The summed E-state index contributed by atoms with van der Waals surface area (Å²) in [5.41, 5.74) is 6.10. The lowest BCUT2D eigenvalue weighted by Crippen LogP contribution is -2.56. The maximum Gasteiger partial charge on any atom is 0.237 e. The lowest BCUT2D eigenvalue weighted by molar-refractivity contribution is -0.126. The van der Waals surface area contributed by atoms with Gasteiger partial charge in [-0.25, -0.2) is 0 Å². The summed E-state index contributed by atoms with van der Waals surface area (Å²) in [6.07, 6.45) is 7.46. The van der Waals surface area contributed by atoms with Gasteiger partial charge in [0.1, 0.15) is 0 Å². The summed E-state index contributed by atoms with van der Waals surface area (Å²) < 4.78 is 1.96. The average molecular weight is 236 g/mol. The van der Waals surface area contributed by atoms with Gasteiger partial charge in [-0.1, -0.05) is 0 Å². The number of hydrogen-bond donors (Lipinski definition) is 2. The van der Waals surface area contributed by atoms with E-state index in [1.807, 2.05) is 31.0 Å². The van der Waals surface area contributed by atoms with Crippen LogP contribution in [0, 0.1) is 6.92 Å². The Morgan fingerprint density at radius 3 is 3.00 bits per heavy atom. The van der Waals surface area contributed by atoms with E-state index >= 15 is 0 Å². The molecule has 1 aromatic heterocycles. The monoisotopic (exact) mass is 236 g/mol. The maximum atomic E-state index is 11.6. The lowest BCUT2D eigenvalue weighted by atomic mass is 9.78. The zero-order valence-electron chi connectivity index (χ0n) is 10.4. The van der Waals surface area contributed by atoms with Crippen LogP contribution in [0.5, 0.6) is 0 Å². The van der Waals surface area contributed by atoms with Gasteiger partial charge in [-0.2, -0.15) is 5.10 Å². The molecule has 1 aliphatic carbocycles. The van der Waals surface area contributed by atoms with Crippen molar-refractivity contribution in [3.63, 3.8) is 0 Å². The summed E-state index contributed by atoms with van der Waals surface area (Å²) in [7, 11) is 1.81. The van der Waals surface area contributed by atoms with Crippen LogP contribution in [-0.2, 0) is 4.79 Å². The molecule has 0 saturated heterocycles. The Labute approximate surface area is 101 Å². The molecule has 3 N–H and O–H groups in total. The van der Waals surface area contributed by atoms with E-state index in [-0.39, 0.29) is 11.9 Å². The number of nitrogens with one attached hydrogen (secondary N) is 1. The minimum Gasteiger partial charge on any atom is -0.368 e. The minimum atomic E-state index is -0.567. The molecule has 94 valence electrons. The fraction of sp³-hybridized carbons (Fsp3) is 0.667. The van der Waals surface area contributed by atoms with Crippen LogP contribution in [0.15, 0.2) is 12.4 Å². The molecule has 2 atom stereocenters. The first-order valence-corrected chi connectivity index (χ1v) is 6.07. The molecule has 0 radical (unpaired) electrons. The van der Waals surface area contributed by atoms with Gasteiger partial charge in [0.2, 0.25) is 5.91 Å². The predicted molar refractivity (Wildman–Crippen MR) is 65.5 cm³/mol. The van der Waals surface area contributed by atoms with Crippen LogP contribution >= 0.6 is 0 Å². The van der Waals surface area contributed by atoms with Crippen molar-refractivity contribution in [1.82, 2.24) is 15.1 Å². The quantitative estimate of drug-likeness (QED) is 0.813. The second-order valence-corrected chi connectivity index (χ2v) is 4.94. The van der Waals surface area contributed by atoms with Crippen LogP contribution < -0.4 is 11.1 Å². The highest BCUT2D eigenvalue weighted by Gasteiger charge is 2.40. The topological polar surface area (TPSA) is 72.9 Å². The normalized spacial score (nSPS) is 29.2. The SMILES string of the molecule is CNC1(C(N)=O)CCCC(n2cc(C)cn2)C1. The van der Waals surface area contributed by atoms with Crippen LogP contribution in [0.3, 0.4) is 0 Å². The first-order chi connectivity index (χ1) is 8.07. The summed E-state index contributed by atoms with van der Waals surface area (Å²) in [4.78, 5) is 11.6. The number of rotatable bonds is 3. The zero-order chi connectivity index (χ0) is 12.5. The van der Waals surface area contributed by atoms with E-state index in [1.165, 1.54) is 0 Å². The van der Waals surface area contributed by atoms with Crippen LogP contribution in [-0.4, -0.2) is 28.3 Å². The Balaban J connectivity index is 2.19. The highest BCUT2D eigenvalue weighted by Crippen LogP contribution is 2.34. The number of amides is 1. The van der Waals surface area contributed by atoms with Crippen molar-refractivity contribution in [2.75, 3.05) is 7.05 Å². The molecule has 1 saturated carbocycles. The molecular weight excluding hydrogens is 216 g/mol. The van der Waals surface area contributed by atoms with Gasteiger partial charge >= 0.3 is 0 Å². The van der Waals surface area contributed by atoms with Gasteiger partial charge in [0.25, 0.3) is 0 Å². The second-order valence-electron chi connectivity index (χ2n) is 4.94. The molecule has 0 spiro atoms. The molecule has 5 nitrogen and oxygen atoms in total. The van der Waals surface area contributed by atoms with E-state index in [2.05, 4.69) is 10.4 Å². The van der Waals surface area contributed by atoms with Crippen molar-refractivity contribution in [2.24, 2.45) is 5.73 Å². The van der Waals surface area contributed by atoms with Gasteiger partial charge in [0.05, 0.1) is 17.8 Å². The first-order valence-electron chi connectivity index (χ1n) is 6.07.